The van der Waals surface area contributed by atoms with Gasteiger partial charge in [-0.3, -0.25) is 0 Å². The van der Waals surface area contributed by atoms with Crippen LogP contribution >= 0.6 is 0 Å². The second-order valence-electron chi connectivity index (χ2n) is 24.9. The first-order valence-electron chi connectivity index (χ1n) is 31.7. The third kappa shape index (κ3) is 7.63. The predicted molar refractivity (Wildman–Crippen MR) is 381 cm³/mol. The van der Waals surface area contributed by atoms with E-state index in [0.717, 1.165) is 29.2 Å². The maximum Gasteiger partial charge on any atom is 0.0713 e. The molecule has 19 rings (SSSR count). The van der Waals surface area contributed by atoms with Gasteiger partial charge in [-0.25, -0.2) is 0 Å². The molecule has 0 bridgehead atoms. The summed E-state index contributed by atoms with van der Waals surface area (Å²) in [5, 5.41) is 10.1. The summed E-state index contributed by atoms with van der Waals surface area (Å²) in [4.78, 5) is 0. The van der Waals surface area contributed by atoms with Crippen LogP contribution in [0.15, 0.2) is 322 Å². The van der Waals surface area contributed by atoms with E-state index in [1.807, 2.05) is 0 Å². The Bertz CT molecular complexity index is 5870. The van der Waals surface area contributed by atoms with Gasteiger partial charge in [0.25, 0.3) is 0 Å². The van der Waals surface area contributed by atoms with Crippen LogP contribution in [0, 0.1) is 6.92 Å². The lowest BCUT2D eigenvalue weighted by Crippen LogP contribution is -2.28. The Hall–Kier alpha value is -11.7. The Balaban J connectivity index is 0.660. The topological polar surface area (TPSA) is 19.7 Å². The molecule has 0 saturated heterocycles. The second-order valence-corrected chi connectivity index (χ2v) is 24.9. The van der Waals surface area contributed by atoms with E-state index in [0.29, 0.717) is 0 Å². The van der Waals surface area contributed by atoms with Crippen LogP contribution in [-0.2, 0) is 11.8 Å². The first-order chi connectivity index (χ1) is 45.0. The third-order valence-electron chi connectivity index (χ3n) is 19.9. The van der Waals surface area contributed by atoms with Crippen molar-refractivity contribution >= 4 is 87.2 Å². The first-order valence-corrected chi connectivity index (χ1v) is 31.7. The number of rotatable bonds is 9. The molecule has 0 amide bonds. The normalized spacial score (nSPS) is 12.8. The van der Waals surface area contributed by atoms with E-state index in [9.17, 15) is 0 Å². The zero-order valence-corrected chi connectivity index (χ0v) is 50.1. The monoisotopic (exact) mass is 1160 g/mol. The quantitative estimate of drug-likeness (QED) is 0.137. The minimum Gasteiger partial charge on any atom is -0.309 e. The van der Waals surface area contributed by atoms with Gasteiger partial charge in [0.05, 0.1) is 49.5 Å². The van der Waals surface area contributed by atoms with Crippen LogP contribution in [0.2, 0.25) is 0 Å². The van der Waals surface area contributed by atoms with Crippen molar-refractivity contribution in [2.24, 2.45) is 0 Å². The fourth-order valence-corrected chi connectivity index (χ4v) is 16.0. The smallest absolute Gasteiger partial charge is 0.0713 e. The fourth-order valence-electron chi connectivity index (χ4n) is 16.0. The molecule has 0 spiro atoms. The molecule has 0 N–H and O–H groups in total. The maximum atomic E-state index is 2.48. The van der Waals surface area contributed by atoms with Crippen molar-refractivity contribution in [2.75, 3.05) is 0 Å². The van der Waals surface area contributed by atoms with Crippen molar-refractivity contribution in [3.8, 4) is 45.0 Å². The molecule has 4 heterocycles. The van der Waals surface area contributed by atoms with Crippen LogP contribution in [0.25, 0.3) is 132 Å². The van der Waals surface area contributed by atoms with E-state index in [-0.39, 0.29) is 0 Å². The molecule has 0 unspecified atom stereocenters. The standard InChI is InChI=1S/C87H58N4/c1-56-30-50-84-75(52-56)72-21-7-14-28-82(72)89(84)63-41-33-59(34-42-63)60-35-43-64(44-36-60)90-83-29-15-8-22-73(83)76-54-57(32-51-85(76)90)53-58-31-49-74-71-20-6-13-27-81(71)91(86(74)55-58)66-47-39-62(40-48-66)87(77-23-9-2-16-67(77)68-17-3-10-24-78(68)87)61-37-45-65(46-38-61)88-79-25-11-4-18-69(79)70-19-5-12-26-80(70)88/h2-52,54-55H,53H2,1H3. The number of aromatic nitrogens is 4. The van der Waals surface area contributed by atoms with E-state index in [4.69, 9.17) is 0 Å². The number of benzene rings is 14. The summed E-state index contributed by atoms with van der Waals surface area (Å²) in [5.41, 5.74) is 27.5. The Morgan fingerprint density at radius 1 is 0.242 bits per heavy atom. The SMILES string of the molecule is Cc1ccc2c(c1)c1ccccc1n2-c1ccc(-c2ccc(-n3c4ccccc4c4cc(Cc5ccc6c7ccccc7n(-c7ccc(C8(c9ccc(-n%10c%11ccccc%11c%11ccccc%11%10)cc9)c9ccccc9-c9ccccc98)cc7)c6c5)ccc43)cc2)cc1. The summed E-state index contributed by atoms with van der Waals surface area (Å²) >= 11 is 0. The van der Waals surface area contributed by atoms with Crippen molar-refractivity contribution in [1.29, 1.82) is 0 Å². The second kappa shape index (κ2) is 19.9. The van der Waals surface area contributed by atoms with Gasteiger partial charge in [-0.1, -0.05) is 218 Å². The highest BCUT2D eigenvalue weighted by molar-refractivity contribution is 6.12. The zero-order valence-electron chi connectivity index (χ0n) is 50.1. The molecule has 91 heavy (non-hydrogen) atoms. The van der Waals surface area contributed by atoms with Gasteiger partial charge in [0.2, 0.25) is 0 Å². The molecule has 18 aromatic rings. The molecule has 4 heteroatoms. The van der Waals surface area contributed by atoms with Gasteiger partial charge in [0.1, 0.15) is 0 Å². The van der Waals surface area contributed by atoms with E-state index < -0.39 is 5.41 Å². The number of aryl methyl sites for hydroxylation is 1. The Labute approximate surface area is 526 Å². The van der Waals surface area contributed by atoms with Crippen LogP contribution in [0.3, 0.4) is 0 Å². The Kier molecular flexibility index (Phi) is 11.2. The molecule has 0 atom stereocenters. The van der Waals surface area contributed by atoms with Crippen LogP contribution < -0.4 is 0 Å². The lowest BCUT2D eigenvalue weighted by molar-refractivity contribution is 0.767. The number of hydrogen-bond acceptors (Lipinski definition) is 0. The van der Waals surface area contributed by atoms with Crippen LogP contribution in [-0.4, -0.2) is 18.3 Å². The number of hydrogen-bond donors (Lipinski definition) is 0. The molecule has 0 fully saturated rings. The lowest BCUT2D eigenvalue weighted by atomic mass is 9.67. The highest BCUT2D eigenvalue weighted by Crippen LogP contribution is 2.56. The maximum absolute atomic E-state index is 2.48. The molecule has 4 nitrogen and oxygen atoms in total. The van der Waals surface area contributed by atoms with Crippen molar-refractivity contribution in [1.82, 2.24) is 18.3 Å². The number of nitrogens with zero attached hydrogens (tertiary/aromatic N) is 4. The molecular weight excluding hydrogens is 1100 g/mol. The molecule has 14 aromatic carbocycles. The average molecular weight is 1160 g/mol. The zero-order chi connectivity index (χ0) is 59.9. The molecule has 426 valence electrons. The van der Waals surface area contributed by atoms with E-state index in [2.05, 4.69) is 347 Å². The summed E-state index contributed by atoms with van der Waals surface area (Å²) < 4.78 is 9.71. The third-order valence-corrected chi connectivity index (χ3v) is 19.9. The van der Waals surface area contributed by atoms with Gasteiger partial charge in [-0.2, -0.15) is 0 Å². The Morgan fingerprint density at radius 3 is 1.01 bits per heavy atom. The molecule has 0 aliphatic heterocycles. The molecular formula is C87H58N4. The minimum atomic E-state index is -0.554. The largest absolute Gasteiger partial charge is 0.309 e. The molecule has 1 aliphatic carbocycles. The summed E-state index contributed by atoms with van der Waals surface area (Å²) in [7, 11) is 0. The van der Waals surface area contributed by atoms with Gasteiger partial charge in [-0.15, -0.1) is 0 Å². The van der Waals surface area contributed by atoms with Crippen molar-refractivity contribution < 1.29 is 0 Å². The predicted octanol–water partition coefficient (Wildman–Crippen LogP) is 22.0. The number of para-hydroxylation sites is 5. The van der Waals surface area contributed by atoms with Crippen molar-refractivity contribution in [3.63, 3.8) is 0 Å². The van der Waals surface area contributed by atoms with Gasteiger partial charge >= 0.3 is 0 Å². The van der Waals surface area contributed by atoms with Crippen molar-refractivity contribution in [3.05, 3.63) is 360 Å². The summed E-state index contributed by atoms with van der Waals surface area (Å²) in [5.74, 6) is 0. The van der Waals surface area contributed by atoms with Gasteiger partial charge < -0.3 is 18.3 Å². The highest BCUT2D eigenvalue weighted by Gasteiger charge is 2.46. The number of fused-ring (bicyclic) bond motifs is 15. The summed E-state index contributed by atoms with van der Waals surface area (Å²) in [6.45, 7) is 2.17. The van der Waals surface area contributed by atoms with Crippen LogP contribution in [0.1, 0.15) is 38.9 Å². The molecule has 1 aliphatic rings. The average Bonchev–Trinajstić information content (AvgIpc) is 1.57. The summed E-state index contributed by atoms with van der Waals surface area (Å²) in [6.07, 6.45) is 0.798. The summed E-state index contributed by atoms with van der Waals surface area (Å²) in [6, 6.07) is 120. The van der Waals surface area contributed by atoms with Crippen LogP contribution in [0.4, 0.5) is 0 Å². The van der Waals surface area contributed by atoms with E-state index >= 15 is 0 Å². The van der Waals surface area contributed by atoms with Gasteiger partial charge in [0.15, 0.2) is 0 Å². The van der Waals surface area contributed by atoms with Crippen molar-refractivity contribution in [2.45, 2.75) is 18.8 Å². The van der Waals surface area contributed by atoms with E-state index in [1.54, 1.807) is 0 Å². The fraction of sp³-hybridized carbons (Fsp3) is 0.0345. The first kappa shape index (κ1) is 51.3. The Morgan fingerprint density at radius 2 is 0.560 bits per heavy atom. The van der Waals surface area contributed by atoms with Gasteiger partial charge in [0, 0.05) is 65.8 Å². The molecule has 0 saturated carbocycles. The highest BCUT2D eigenvalue weighted by atomic mass is 15.0. The van der Waals surface area contributed by atoms with E-state index in [1.165, 1.54) is 148 Å². The lowest BCUT2D eigenvalue weighted by Gasteiger charge is -2.34. The molecule has 4 aromatic heterocycles. The van der Waals surface area contributed by atoms with Crippen LogP contribution in [0.5, 0.6) is 0 Å². The minimum absolute atomic E-state index is 0.554. The van der Waals surface area contributed by atoms with Gasteiger partial charge in [-0.05, 0) is 178 Å². The molecule has 0 radical (unpaired) electrons.